The fourth-order valence-corrected chi connectivity index (χ4v) is 2.22. The Morgan fingerprint density at radius 2 is 2.27 bits per heavy atom. The van der Waals surface area contributed by atoms with Crippen molar-refractivity contribution in [3.63, 3.8) is 0 Å². The molecule has 1 rings (SSSR count). The summed E-state index contributed by atoms with van der Waals surface area (Å²) < 4.78 is 5.64. The molecule has 0 saturated carbocycles. The van der Waals surface area contributed by atoms with Crippen molar-refractivity contribution in [3.8, 4) is 0 Å². The number of thioether (sulfide) groups is 1. The zero-order chi connectivity index (χ0) is 11.3. The molecule has 0 atom stereocenters. The maximum Gasteiger partial charge on any atom is 0.338 e. The quantitative estimate of drug-likeness (QED) is 0.794. The lowest BCUT2D eigenvalue weighted by Gasteiger charge is -2.07. The van der Waals surface area contributed by atoms with E-state index in [1.807, 2.05) is 12.1 Å². The Bertz CT molecular complexity index is 352. The molecule has 0 N–H and O–H groups in total. The Hall–Kier alpha value is -0.480. The van der Waals surface area contributed by atoms with Crippen LogP contribution in [-0.4, -0.2) is 18.8 Å². The molecule has 0 aliphatic carbocycles. The maximum atomic E-state index is 11.5. The number of hydrogen-bond acceptors (Lipinski definition) is 3. The van der Waals surface area contributed by atoms with E-state index < -0.39 is 0 Å². The Morgan fingerprint density at radius 3 is 2.87 bits per heavy atom. The van der Waals surface area contributed by atoms with E-state index in [-0.39, 0.29) is 5.97 Å². The number of rotatable bonds is 4. The minimum Gasteiger partial charge on any atom is -0.465 e. The molecule has 0 aromatic heterocycles. The summed E-state index contributed by atoms with van der Waals surface area (Å²) in [5, 5.41) is 0. The average Bonchev–Trinajstić information content (AvgIpc) is 2.26. The summed E-state index contributed by atoms with van der Waals surface area (Å²) in [6.07, 6.45) is 0. The number of esters is 1. The van der Waals surface area contributed by atoms with Gasteiger partial charge in [-0.2, -0.15) is 11.8 Å². The highest BCUT2D eigenvalue weighted by Gasteiger charge is 2.11. The van der Waals surface area contributed by atoms with Crippen LogP contribution in [0.3, 0.4) is 0 Å². The largest absolute Gasteiger partial charge is 0.465 e. The third-order valence-corrected chi connectivity index (χ3v) is 3.36. The molecule has 0 bridgehead atoms. The summed E-state index contributed by atoms with van der Waals surface area (Å²) in [5.41, 5.74) is 1.67. The van der Waals surface area contributed by atoms with E-state index in [1.165, 1.54) is 7.11 Å². The molecule has 0 unspecified atom stereocenters. The van der Waals surface area contributed by atoms with Crippen LogP contribution in [-0.2, 0) is 10.5 Å². The second-order valence-electron chi connectivity index (χ2n) is 2.93. The first-order chi connectivity index (χ1) is 7.19. The van der Waals surface area contributed by atoms with Crippen LogP contribution < -0.4 is 0 Å². The summed E-state index contributed by atoms with van der Waals surface area (Å²) >= 11 is 5.13. The first kappa shape index (κ1) is 12.6. The van der Waals surface area contributed by atoms with E-state index in [0.717, 1.165) is 21.5 Å². The van der Waals surface area contributed by atoms with Gasteiger partial charge in [0.05, 0.1) is 12.7 Å². The minimum absolute atomic E-state index is 0.275. The van der Waals surface area contributed by atoms with Gasteiger partial charge in [0.15, 0.2) is 0 Å². The molecule has 0 saturated heterocycles. The number of halogens is 1. The summed E-state index contributed by atoms with van der Waals surface area (Å²) in [4.78, 5) is 11.5. The van der Waals surface area contributed by atoms with Gasteiger partial charge in [-0.1, -0.05) is 28.9 Å². The van der Waals surface area contributed by atoms with Gasteiger partial charge in [-0.15, -0.1) is 0 Å². The van der Waals surface area contributed by atoms with E-state index in [2.05, 4.69) is 22.9 Å². The molecule has 15 heavy (non-hydrogen) atoms. The van der Waals surface area contributed by atoms with Gasteiger partial charge in [-0.3, -0.25) is 0 Å². The fourth-order valence-electron chi connectivity index (χ4n) is 1.19. The van der Waals surface area contributed by atoms with Crippen molar-refractivity contribution in [3.05, 3.63) is 33.8 Å². The molecule has 1 aromatic carbocycles. The molecule has 82 valence electrons. The van der Waals surface area contributed by atoms with Crippen LogP contribution in [0.2, 0.25) is 0 Å². The van der Waals surface area contributed by atoms with Gasteiger partial charge in [-0.05, 0) is 23.4 Å². The Kier molecular flexibility index (Phi) is 5.19. The van der Waals surface area contributed by atoms with Crippen molar-refractivity contribution in [2.75, 3.05) is 12.9 Å². The van der Waals surface area contributed by atoms with Crippen LogP contribution >= 0.6 is 27.7 Å². The van der Waals surface area contributed by atoms with Crippen molar-refractivity contribution in [2.24, 2.45) is 0 Å². The van der Waals surface area contributed by atoms with Gasteiger partial charge in [0.2, 0.25) is 0 Å². The first-order valence-corrected chi connectivity index (χ1v) is 6.58. The zero-order valence-electron chi connectivity index (χ0n) is 8.75. The van der Waals surface area contributed by atoms with Crippen LogP contribution in [0.25, 0.3) is 0 Å². The molecule has 0 aliphatic heterocycles. The Morgan fingerprint density at radius 1 is 1.53 bits per heavy atom. The van der Waals surface area contributed by atoms with E-state index in [4.69, 9.17) is 4.74 Å². The lowest BCUT2D eigenvalue weighted by Crippen LogP contribution is -2.05. The van der Waals surface area contributed by atoms with E-state index in [9.17, 15) is 4.79 Å². The first-order valence-electron chi connectivity index (χ1n) is 4.63. The predicted octanol–water partition coefficient (Wildman–Crippen LogP) is 3.49. The van der Waals surface area contributed by atoms with Crippen molar-refractivity contribution in [2.45, 2.75) is 12.7 Å². The Labute approximate surface area is 103 Å². The number of ether oxygens (including phenoxy) is 1. The van der Waals surface area contributed by atoms with Gasteiger partial charge >= 0.3 is 5.97 Å². The number of benzene rings is 1. The van der Waals surface area contributed by atoms with E-state index in [1.54, 1.807) is 17.8 Å². The van der Waals surface area contributed by atoms with Crippen molar-refractivity contribution in [1.29, 1.82) is 0 Å². The topological polar surface area (TPSA) is 26.3 Å². The standard InChI is InChI=1S/C11H13BrO2S/c1-3-15-7-8-4-5-9(12)6-10(8)11(13)14-2/h4-6H,3,7H2,1-2H3. The smallest absolute Gasteiger partial charge is 0.338 e. The predicted molar refractivity (Wildman–Crippen MR) is 67.3 cm³/mol. The fraction of sp³-hybridized carbons (Fsp3) is 0.364. The van der Waals surface area contributed by atoms with Crippen molar-refractivity contribution in [1.82, 2.24) is 0 Å². The van der Waals surface area contributed by atoms with Crippen LogP contribution in [0, 0.1) is 0 Å². The lowest BCUT2D eigenvalue weighted by molar-refractivity contribution is 0.0599. The lowest BCUT2D eigenvalue weighted by atomic mass is 10.1. The van der Waals surface area contributed by atoms with E-state index in [0.29, 0.717) is 5.56 Å². The summed E-state index contributed by atoms with van der Waals surface area (Å²) in [6, 6.07) is 5.70. The van der Waals surface area contributed by atoms with Crippen LogP contribution in [0.1, 0.15) is 22.8 Å². The highest BCUT2D eigenvalue weighted by atomic mass is 79.9. The SMILES string of the molecule is CCSCc1ccc(Br)cc1C(=O)OC. The highest BCUT2D eigenvalue weighted by molar-refractivity contribution is 9.10. The molecule has 1 aromatic rings. The van der Waals surface area contributed by atoms with Crippen molar-refractivity contribution < 1.29 is 9.53 Å². The Balaban J connectivity index is 2.97. The summed E-state index contributed by atoms with van der Waals surface area (Å²) in [7, 11) is 1.40. The third-order valence-electron chi connectivity index (χ3n) is 1.94. The van der Waals surface area contributed by atoms with Crippen molar-refractivity contribution >= 4 is 33.7 Å². The summed E-state index contributed by atoms with van der Waals surface area (Å²) in [5.74, 6) is 1.60. The van der Waals surface area contributed by atoms with Gasteiger partial charge in [0.1, 0.15) is 0 Å². The monoisotopic (exact) mass is 288 g/mol. The molecular weight excluding hydrogens is 276 g/mol. The highest BCUT2D eigenvalue weighted by Crippen LogP contribution is 2.21. The van der Waals surface area contributed by atoms with Crippen LogP contribution in [0.4, 0.5) is 0 Å². The number of carbonyl (C=O) groups excluding carboxylic acids is 1. The molecule has 0 heterocycles. The van der Waals surface area contributed by atoms with E-state index >= 15 is 0 Å². The molecule has 0 radical (unpaired) electrons. The second kappa shape index (κ2) is 6.18. The summed E-state index contributed by atoms with van der Waals surface area (Å²) in [6.45, 7) is 2.10. The van der Waals surface area contributed by atoms with Gasteiger partial charge in [0, 0.05) is 10.2 Å². The maximum absolute atomic E-state index is 11.5. The van der Waals surface area contributed by atoms with Gasteiger partial charge in [-0.25, -0.2) is 4.79 Å². The third kappa shape index (κ3) is 3.54. The molecule has 4 heteroatoms. The van der Waals surface area contributed by atoms with Gasteiger partial charge in [0.25, 0.3) is 0 Å². The molecule has 0 fully saturated rings. The number of methoxy groups -OCH3 is 1. The molecule has 2 nitrogen and oxygen atoms in total. The molecule has 0 spiro atoms. The minimum atomic E-state index is -0.275. The second-order valence-corrected chi connectivity index (χ2v) is 5.12. The molecular formula is C11H13BrO2S. The van der Waals surface area contributed by atoms with Crippen LogP contribution in [0.15, 0.2) is 22.7 Å². The zero-order valence-corrected chi connectivity index (χ0v) is 11.2. The van der Waals surface area contributed by atoms with Gasteiger partial charge < -0.3 is 4.74 Å². The van der Waals surface area contributed by atoms with Crippen LogP contribution in [0.5, 0.6) is 0 Å². The molecule has 0 amide bonds. The molecule has 0 aliphatic rings. The average molecular weight is 289 g/mol. The number of hydrogen-bond donors (Lipinski definition) is 0. The number of carbonyl (C=O) groups is 1. The normalized spacial score (nSPS) is 10.1.